The van der Waals surface area contributed by atoms with Crippen molar-refractivity contribution in [3.63, 3.8) is 0 Å². The zero-order valence-corrected chi connectivity index (χ0v) is 11.8. The highest BCUT2D eigenvalue weighted by molar-refractivity contribution is 5.52. The van der Waals surface area contributed by atoms with Crippen LogP contribution in [0, 0.1) is 5.82 Å². The molecule has 0 aliphatic carbocycles. The van der Waals surface area contributed by atoms with Crippen molar-refractivity contribution in [1.82, 2.24) is 4.90 Å². The monoisotopic (exact) mass is 280 g/mol. The number of amides is 1. The van der Waals surface area contributed by atoms with E-state index in [1.165, 1.54) is 6.07 Å². The Morgan fingerprint density at radius 1 is 1.35 bits per heavy atom. The molecule has 0 aromatic heterocycles. The Balaban J connectivity index is 2.08. The van der Waals surface area contributed by atoms with E-state index in [1.807, 2.05) is 11.8 Å². The quantitative estimate of drug-likeness (QED) is 0.838. The number of carbonyl (C=O) groups is 1. The Hall–Kier alpha value is -1.62. The van der Waals surface area contributed by atoms with E-state index in [0.29, 0.717) is 43.9 Å². The lowest BCUT2D eigenvalue weighted by Crippen LogP contribution is -2.46. The van der Waals surface area contributed by atoms with Gasteiger partial charge < -0.3 is 14.9 Å². The molecule has 1 aromatic rings. The molecule has 1 aliphatic rings. The number of halogens is 1. The van der Waals surface area contributed by atoms with Crippen LogP contribution in [0.4, 0.5) is 10.1 Å². The molecule has 0 spiro atoms. The molecule has 0 saturated carbocycles. The molecule has 1 atom stereocenters. The van der Waals surface area contributed by atoms with E-state index >= 15 is 0 Å². The second-order valence-corrected chi connectivity index (χ2v) is 5.14. The number of aliphatic hydroxyl groups is 1. The van der Waals surface area contributed by atoms with Crippen LogP contribution in [0.3, 0.4) is 0 Å². The highest BCUT2D eigenvalue weighted by atomic mass is 19.1. The second kappa shape index (κ2) is 6.70. The molecule has 5 heteroatoms. The van der Waals surface area contributed by atoms with Crippen LogP contribution >= 0.6 is 0 Å². The first-order valence-electron chi connectivity index (χ1n) is 7.07. The van der Waals surface area contributed by atoms with Crippen molar-refractivity contribution in [2.24, 2.45) is 0 Å². The Morgan fingerprint density at radius 2 is 2.05 bits per heavy atom. The smallest absolute Gasteiger partial charge is 0.209 e. The number of nitrogens with zero attached hydrogens (tertiary/aromatic N) is 2. The average Bonchev–Trinajstić information content (AvgIpc) is 2.47. The van der Waals surface area contributed by atoms with Gasteiger partial charge in [-0.2, -0.15) is 0 Å². The highest BCUT2D eigenvalue weighted by Crippen LogP contribution is 2.26. The van der Waals surface area contributed by atoms with Crippen LogP contribution in [-0.2, 0) is 4.79 Å². The summed E-state index contributed by atoms with van der Waals surface area (Å²) in [5.74, 6) is -0.308. The van der Waals surface area contributed by atoms with Gasteiger partial charge in [0, 0.05) is 26.2 Å². The third-order valence-electron chi connectivity index (χ3n) is 3.72. The summed E-state index contributed by atoms with van der Waals surface area (Å²) in [7, 11) is 0. The number of hydrogen-bond acceptors (Lipinski definition) is 3. The average molecular weight is 280 g/mol. The maximum atomic E-state index is 14.2. The van der Waals surface area contributed by atoms with Gasteiger partial charge >= 0.3 is 0 Å². The standard InChI is InChI=1S/C15H21FN2O2/c1-2-3-15(20)12-4-5-14(13(16)10-12)18-8-6-17(11-19)7-9-18/h4-5,10-11,15,20H,2-3,6-9H2,1H3. The van der Waals surface area contributed by atoms with Crippen molar-refractivity contribution in [2.75, 3.05) is 31.1 Å². The minimum absolute atomic E-state index is 0.308. The Kier molecular flexibility index (Phi) is 4.95. The molecule has 1 aromatic carbocycles. The molecule has 1 saturated heterocycles. The number of rotatable bonds is 5. The summed E-state index contributed by atoms with van der Waals surface area (Å²) in [6, 6.07) is 4.92. The van der Waals surface area contributed by atoms with Crippen molar-refractivity contribution in [3.05, 3.63) is 29.6 Å². The van der Waals surface area contributed by atoms with Crippen LogP contribution in [-0.4, -0.2) is 42.6 Å². The fourth-order valence-electron chi connectivity index (χ4n) is 2.50. The molecule has 2 rings (SSSR count). The van der Waals surface area contributed by atoms with Gasteiger partial charge in [0.15, 0.2) is 0 Å². The molecule has 0 radical (unpaired) electrons. The first-order valence-corrected chi connectivity index (χ1v) is 7.07. The van der Waals surface area contributed by atoms with Gasteiger partial charge in [-0.15, -0.1) is 0 Å². The number of aliphatic hydroxyl groups excluding tert-OH is 1. The molecule has 1 heterocycles. The van der Waals surface area contributed by atoms with Crippen molar-refractivity contribution in [2.45, 2.75) is 25.9 Å². The molecule has 20 heavy (non-hydrogen) atoms. The molecule has 1 fully saturated rings. The summed E-state index contributed by atoms with van der Waals surface area (Å²) in [5.41, 5.74) is 1.17. The molecule has 4 nitrogen and oxygen atoms in total. The lowest BCUT2D eigenvalue weighted by molar-refractivity contribution is -0.118. The summed E-state index contributed by atoms with van der Waals surface area (Å²) in [4.78, 5) is 14.3. The lowest BCUT2D eigenvalue weighted by Gasteiger charge is -2.34. The molecule has 1 amide bonds. The Morgan fingerprint density at radius 3 is 2.60 bits per heavy atom. The van der Waals surface area contributed by atoms with Crippen LogP contribution in [0.5, 0.6) is 0 Å². The Bertz CT molecular complexity index is 459. The van der Waals surface area contributed by atoms with Crippen molar-refractivity contribution < 1.29 is 14.3 Å². The Labute approximate surface area is 118 Å². The third kappa shape index (κ3) is 3.28. The van der Waals surface area contributed by atoms with Crippen molar-refractivity contribution in [3.8, 4) is 0 Å². The van der Waals surface area contributed by atoms with E-state index in [4.69, 9.17) is 0 Å². The fourth-order valence-corrected chi connectivity index (χ4v) is 2.50. The SMILES string of the molecule is CCCC(O)c1ccc(N2CCN(C=O)CC2)c(F)c1. The topological polar surface area (TPSA) is 43.8 Å². The minimum atomic E-state index is -0.601. The van der Waals surface area contributed by atoms with E-state index in [9.17, 15) is 14.3 Å². The zero-order valence-electron chi connectivity index (χ0n) is 11.8. The molecule has 1 unspecified atom stereocenters. The minimum Gasteiger partial charge on any atom is -0.388 e. The largest absolute Gasteiger partial charge is 0.388 e. The molecule has 1 N–H and O–H groups in total. The predicted molar refractivity (Wildman–Crippen MR) is 76.1 cm³/mol. The maximum absolute atomic E-state index is 14.2. The van der Waals surface area contributed by atoms with Crippen LogP contribution in [0.2, 0.25) is 0 Å². The van der Waals surface area contributed by atoms with E-state index in [1.54, 1.807) is 17.0 Å². The van der Waals surface area contributed by atoms with Crippen LogP contribution in [0.25, 0.3) is 0 Å². The van der Waals surface area contributed by atoms with E-state index in [0.717, 1.165) is 12.8 Å². The molecule has 110 valence electrons. The fraction of sp³-hybridized carbons (Fsp3) is 0.533. The predicted octanol–water partition coefficient (Wildman–Crippen LogP) is 1.94. The van der Waals surface area contributed by atoms with Crippen LogP contribution < -0.4 is 4.90 Å². The highest BCUT2D eigenvalue weighted by Gasteiger charge is 2.19. The first-order chi connectivity index (χ1) is 9.65. The maximum Gasteiger partial charge on any atom is 0.209 e. The summed E-state index contributed by atoms with van der Waals surface area (Å²) in [6.45, 7) is 4.48. The molecule has 1 aliphatic heterocycles. The van der Waals surface area contributed by atoms with Gasteiger partial charge in [-0.05, 0) is 24.1 Å². The van der Waals surface area contributed by atoms with Gasteiger partial charge in [0.05, 0.1) is 11.8 Å². The summed E-state index contributed by atoms with van der Waals surface area (Å²) in [6.07, 6.45) is 1.72. The first kappa shape index (κ1) is 14.8. The second-order valence-electron chi connectivity index (χ2n) is 5.14. The van der Waals surface area contributed by atoms with Gasteiger partial charge in [-0.1, -0.05) is 19.4 Å². The van der Waals surface area contributed by atoms with E-state index < -0.39 is 6.10 Å². The lowest BCUT2D eigenvalue weighted by atomic mass is 10.0. The number of benzene rings is 1. The van der Waals surface area contributed by atoms with Crippen molar-refractivity contribution >= 4 is 12.1 Å². The normalized spacial score (nSPS) is 17.1. The summed E-state index contributed by atoms with van der Waals surface area (Å²) in [5, 5.41) is 9.89. The van der Waals surface area contributed by atoms with Gasteiger partial charge in [-0.25, -0.2) is 4.39 Å². The summed E-state index contributed by atoms with van der Waals surface area (Å²) < 4.78 is 14.2. The number of piperazine rings is 1. The molecular weight excluding hydrogens is 259 g/mol. The van der Waals surface area contributed by atoms with Gasteiger partial charge in [-0.3, -0.25) is 4.79 Å². The van der Waals surface area contributed by atoms with Crippen LogP contribution in [0.1, 0.15) is 31.4 Å². The van der Waals surface area contributed by atoms with Gasteiger partial charge in [0.1, 0.15) is 5.82 Å². The number of anilines is 1. The number of carbonyl (C=O) groups excluding carboxylic acids is 1. The molecular formula is C15H21FN2O2. The number of hydrogen-bond donors (Lipinski definition) is 1. The van der Waals surface area contributed by atoms with E-state index in [2.05, 4.69) is 0 Å². The van der Waals surface area contributed by atoms with Gasteiger partial charge in [0.2, 0.25) is 6.41 Å². The molecule has 0 bridgehead atoms. The van der Waals surface area contributed by atoms with Crippen molar-refractivity contribution in [1.29, 1.82) is 0 Å². The summed E-state index contributed by atoms with van der Waals surface area (Å²) >= 11 is 0. The zero-order chi connectivity index (χ0) is 14.5. The van der Waals surface area contributed by atoms with E-state index in [-0.39, 0.29) is 5.82 Å². The van der Waals surface area contributed by atoms with Crippen LogP contribution in [0.15, 0.2) is 18.2 Å². The third-order valence-corrected chi connectivity index (χ3v) is 3.72. The van der Waals surface area contributed by atoms with Gasteiger partial charge in [0.25, 0.3) is 0 Å².